The van der Waals surface area contributed by atoms with Crippen molar-refractivity contribution in [2.75, 3.05) is 11.9 Å². The molecule has 16 heavy (non-hydrogen) atoms. The number of aryl methyl sites for hydroxylation is 1. The molecule has 5 heteroatoms. The lowest BCUT2D eigenvalue weighted by atomic mass is 10.2. The van der Waals surface area contributed by atoms with Gasteiger partial charge in [-0.05, 0) is 24.6 Å². The second kappa shape index (κ2) is 5.65. The summed E-state index contributed by atoms with van der Waals surface area (Å²) in [7, 11) is 0. The number of carbonyl (C=O) groups excluding carboxylic acids is 2. The van der Waals surface area contributed by atoms with Crippen LogP contribution in [-0.4, -0.2) is 18.4 Å². The Morgan fingerprint density at radius 2 is 2.06 bits per heavy atom. The van der Waals surface area contributed by atoms with Crippen molar-refractivity contribution in [1.29, 1.82) is 0 Å². The Morgan fingerprint density at radius 3 is 2.69 bits per heavy atom. The number of hydrogen-bond acceptors (Lipinski definition) is 2. The molecule has 0 saturated carbocycles. The highest BCUT2D eigenvalue weighted by Crippen LogP contribution is 2.20. The van der Waals surface area contributed by atoms with E-state index in [0.29, 0.717) is 0 Å². The van der Waals surface area contributed by atoms with E-state index in [0.717, 1.165) is 15.7 Å². The molecule has 1 aromatic rings. The van der Waals surface area contributed by atoms with Crippen LogP contribution in [0.2, 0.25) is 0 Å². The van der Waals surface area contributed by atoms with Gasteiger partial charge in [-0.3, -0.25) is 9.59 Å². The van der Waals surface area contributed by atoms with Crippen LogP contribution in [0.4, 0.5) is 5.69 Å². The topological polar surface area (TPSA) is 58.2 Å². The molecule has 0 bridgehead atoms. The van der Waals surface area contributed by atoms with E-state index in [-0.39, 0.29) is 18.4 Å². The molecule has 0 radical (unpaired) electrons. The SMILES string of the molecule is CC(=O)NCC(=O)Nc1cc(Br)ccc1C. The third-order valence-corrected chi connectivity index (χ3v) is 2.46. The number of amides is 2. The minimum Gasteiger partial charge on any atom is -0.347 e. The van der Waals surface area contributed by atoms with Gasteiger partial charge in [0.2, 0.25) is 11.8 Å². The van der Waals surface area contributed by atoms with Crippen LogP contribution in [-0.2, 0) is 9.59 Å². The molecule has 0 aliphatic heterocycles. The maximum atomic E-state index is 11.4. The van der Waals surface area contributed by atoms with E-state index in [1.54, 1.807) is 0 Å². The van der Waals surface area contributed by atoms with E-state index in [1.807, 2.05) is 25.1 Å². The zero-order valence-electron chi connectivity index (χ0n) is 9.13. The summed E-state index contributed by atoms with van der Waals surface area (Å²) < 4.78 is 0.896. The first-order valence-corrected chi connectivity index (χ1v) is 5.59. The molecule has 0 fully saturated rings. The lowest BCUT2D eigenvalue weighted by Gasteiger charge is -2.08. The average molecular weight is 285 g/mol. The summed E-state index contributed by atoms with van der Waals surface area (Å²) in [6.07, 6.45) is 0. The van der Waals surface area contributed by atoms with Crippen LogP contribution in [0.3, 0.4) is 0 Å². The van der Waals surface area contributed by atoms with Crippen LogP contribution >= 0.6 is 15.9 Å². The van der Waals surface area contributed by atoms with Gasteiger partial charge in [0.25, 0.3) is 0 Å². The van der Waals surface area contributed by atoms with Crippen LogP contribution in [0.15, 0.2) is 22.7 Å². The van der Waals surface area contributed by atoms with E-state index < -0.39 is 0 Å². The minimum absolute atomic E-state index is 0.0126. The highest BCUT2D eigenvalue weighted by atomic mass is 79.9. The predicted molar refractivity (Wildman–Crippen MR) is 66.2 cm³/mol. The fraction of sp³-hybridized carbons (Fsp3) is 0.273. The molecule has 0 aliphatic carbocycles. The molecule has 0 aromatic heterocycles. The molecule has 1 aromatic carbocycles. The maximum absolute atomic E-state index is 11.4. The van der Waals surface area contributed by atoms with Crippen molar-refractivity contribution < 1.29 is 9.59 Å². The zero-order valence-corrected chi connectivity index (χ0v) is 10.7. The van der Waals surface area contributed by atoms with Gasteiger partial charge < -0.3 is 10.6 Å². The Morgan fingerprint density at radius 1 is 1.38 bits per heavy atom. The molecule has 0 aliphatic rings. The Labute approximate surface area is 103 Å². The Kier molecular flexibility index (Phi) is 4.49. The lowest BCUT2D eigenvalue weighted by molar-refractivity contribution is -0.122. The number of benzene rings is 1. The average Bonchev–Trinajstić information content (AvgIpc) is 2.20. The molecular weight excluding hydrogens is 272 g/mol. The molecule has 86 valence electrons. The van der Waals surface area contributed by atoms with Crippen LogP contribution in [0.5, 0.6) is 0 Å². The smallest absolute Gasteiger partial charge is 0.243 e. The third-order valence-electron chi connectivity index (χ3n) is 1.97. The Hall–Kier alpha value is -1.36. The molecule has 0 atom stereocenters. The van der Waals surface area contributed by atoms with Gasteiger partial charge in [0, 0.05) is 17.1 Å². The minimum atomic E-state index is -0.239. The molecule has 2 N–H and O–H groups in total. The van der Waals surface area contributed by atoms with Crippen molar-refractivity contribution in [3.05, 3.63) is 28.2 Å². The van der Waals surface area contributed by atoms with Gasteiger partial charge >= 0.3 is 0 Å². The van der Waals surface area contributed by atoms with Gasteiger partial charge in [0.15, 0.2) is 0 Å². The lowest BCUT2D eigenvalue weighted by Crippen LogP contribution is -2.31. The summed E-state index contributed by atoms with van der Waals surface area (Å²) in [6.45, 7) is 3.26. The number of nitrogens with one attached hydrogen (secondary N) is 2. The van der Waals surface area contributed by atoms with Crippen LogP contribution < -0.4 is 10.6 Å². The molecule has 0 saturated heterocycles. The van der Waals surface area contributed by atoms with Crippen molar-refractivity contribution in [3.8, 4) is 0 Å². The third kappa shape index (κ3) is 4.02. The summed E-state index contributed by atoms with van der Waals surface area (Å²) in [5.74, 6) is -0.461. The van der Waals surface area contributed by atoms with Crippen molar-refractivity contribution in [2.45, 2.75) is 13.8 Å². The molecule has 0 spiro atoms. The molecule has 0 unspecified atom stereocenters. The van der Waals surface area contributed by atoms with Crippen LogP contribution in [0.1, 0.15) is 12.5 Å². The largest absolute Gasteiger partial charge is 0.347 e. The number of rotatable bonds is 3. The monoisotopic (exact) mass is 284 g/mol. The maximum Gasteiger partial charge on any atom is 0.243 e. The summed E-state index contributed by atoms with van der Waals surface area (Å²) in [4.78, 5) is 22.1. The summed E-state index contributed by atoms with van der Waals surface area (Å²) >= 11 is 3.33. The van der Waals surface area contributed by atoms with E-state index in [1.165, 1.54) is 6.92 Å². The normalized spacial score (nSPS) is 9.69. The Balaban J connectivity index is 2.62. The van der Waals surface area contributed by atoms with Gasteiger partial charge in [-0.15, -0.1) is 0 Å². The van der Waals surface area contributed by atoms with Crippen molar-refractivity contribution >= 4 is 33.4 Å². The van der Waals surface area contributed by atoms with Crippen molar-refractivity contribution in [2.24, 2.45) is 0 Å². The highest BCUT2D eigenvalue weighted by molar-refractivity contribution is 9.10. The zero-order chi connectivity index (χ0) is 12.1. The van der Waals surface area contributed by atoms with Crippen molar-refractivity contribution in [3.63, 3.8) is 0 Å². The standard InChI is InChI=1S/C11H13BrN2O2/c1-7-3-4-9(12)5-10(7)14-11(16)6-13-8(2)15/h3-5H,6H2,1-2H3,(H,13,15)(H,14,16). The van der Waals surface area contributed by atoms with Gasteiger partial charge in [0.05, 0.1) is 6.54 Å². The molecule has 1 rings (SSSR count). The van der Waals surface area contributed by atoms with E-state index in [4.69, 9.17) is 0 Å². The van der Waals surface area contributed by atoms with E-state index in [2.05, 4.69) is 26.6 Å². The fourth-order valence-electron chi connectivity index (χ4n) is 1.13. The molecule has 2 amide bonds. The van der Waals surface area contributed by atoms with Gasteiger partial charge in [-0.2, -0.15) is 0 Å². The van der Waals surface area contributed by atoms with E-state index >= 15 is 0 Å². The number of anilines is 1. The Bertz CT molecular complexity index is 418. The number of halogens is 1. The first-order valence-electron chi connectivity index (χ1n) is 4.79. The van der Waals surface area contributed by atoms with Gasteiger partial charge in [0.1, 0.15) is 0 Å². The summed E-state index contributed by atoms with van der Waals surface area (Å²) in [5, 5.41) is 5.16. The molecule has 0 heterocycles. The number of carbonyl (C=O) groups is 2. The second-order valence-electron chi connectivity index (χ2n) is 3.42. The molecular formula is C11H13BrN2O2. The van der Waals surface area contributed by atoms with Crippen molar-refractivity contribution in [1.82, 2.24) is 5.32 Å². The first kappa shape index (κ1) is 12.7. The summed E-state index contributed by atoms with van der Waals surface area (Å²) in [5.41, 5.74) is 1.71. The van der Waals surface area contributed by atoms with Crippen LogP contribution in [0, 0.1) is 6.92 Å². The second-order valence-corrected chi connectivity index (χ2v) is 4.33. The van der Waals surface area contributed by atoms with Crippen LogP contribution in [0.25, 0.3) is 0 Å². The number of hydrogen-bond donors (Lipinski definition) is 2. The molecule has 4 nitrogen and oxygen atoms in total. The predicted octanol–water partition coefficient (Wildman–Crippen LogP) is 1.83. The fourth-order valence-corrected chi connectivity index (χ4v) is 1.49. The van der Waals surface area contributed by atoms with Gasteiger partial charge in [-0.25, -0.2) is 0 Å². The first-order chi connectivity index (χ1) is 7.49. The van der Waals surface area contributed by atoms with Gasteiger partial charge in [-0.1, -0.05) is 22.0 Å². The highest BCUT2D eigenvalue weighted by Gasteiger charge is 2.05. The summed E-state index contributed by atoms with van der Waals surface area (Å²) in [6, 6.07) is 5.62. The van der Waals surface area contributed by atoms with E-state index in [9.17, 15) is 9.59 Å². The quantitative estimate of drug-likeness (QED) is 0.890.